The lowest BCUT2D eigenvalue weighted by Crippen LogP contribution is -2.32. The minimum atomic E-state index is -3.35. The van der Waals surface area contributed by atoms with Crippen LogP contribution >= 0.6 is 15.9 Å². The van der Waals surface area contributed by atoms with Crippen molar-refractivity contribution in [1.82, 2.24) is 9.62 Å². The molecule has 0 bridgehead atoms. The van der Waals surface area contributed by atoms with E-state index >= 15 is 0 Å². The first-order valence-corrected chi connectivity index (χ1v) is 8.28. The van der Waals surface area contributed by atoms with Crippen molar-refractivity contribution in [2.75, 3.05) is 26.2 Å². The molecular weight excluding hydrogens is 316 g/mol. The van der Waals surface area contributed by atoms with Crippen LogP contribution in [-0.4, -0.2) is 38.9 Å². The number of hydrogen-bond acceptors (Lipinski definition) is 3. The van der Waals surface area contributed by atoms with E-state index in [1.165, 1.54) is 0 Å². The first kappa shape index (κ1) is 12.6. The van der Waals surface area contributed by atoms with Gasteiger partial charge in [-0.25, -0.2) is 8.42 Å². The molecule has 0 spiro atoms. The lowest BCUT2D eigenvalue weighted by atomic mass is 10.0. The molecule has 4 nitrogen and oxygen atoms in total. The molecule has 98 valence electrons. The third-order valence-corrected chi connectivity index (χ3v) is 6.65. The lowest BCUT2D eigenvalue weighted by molar-refractivity contribution is 0.447. The molecule has 2 atom stereocenters. The van der Waals surface area contributed by atoms with Crippen LogP contribution in [0.5, 0.6) is 0 Å². The molecule has 0 saturated carbocycles. The smallest absolute Gasteiger partial charge is 0.244 e. The second kappa shape index (κ2) is 4.59. The van der Waals surface area contributed by atoms with E-state index in [0.717, 1.165) is 13.1 Å². The predicted octanol–water partition coefficient (Wildman–Crippen LogP) is 1.29. The maximum atomic E-state index is 12.6. The van der Waals surface area contributed by atoms with Gasteiger partial charge in [0.05, 0.1) is 4.90 Å². The maximum Gasteiger partial charge on any atom is 0.244 e. The second-order valence-electron chi connectivity index (χ2n) is 4.93. The van der Waals surface area contributed by atoms with Gasteiger partial charge in [0.2, 0.25) is 10.0 Å². The average molecular weight is 331 g/mol. The van der Waals surface area contributed by atoms with E-state index in [-0.39, 0.29) is 0 Å². The highest BCUT2D eigenvalue weighted by atomic mass is 79.9. The van der Waals surface area contributed by atoms with Crippen LogP contribution < -0.4 is 5.32 Å². The fourth-order valence-electron chi connectivity index (χ4n) is 2.80. The van der Waals surface area contributed by atoms with E-state index in [1.807, 2.05) is 6.07 Å². The van der Waals surface area contributed by atoms with E-state index < -0.39 is 10.0 Å². The molecule has 3 rings (SSSR count). The summed E-state index contributed by atoms with van der Waals surface area (Å²) in [5, 5.41) is 3.32. The van der Waals surface area contributed by atoms with E-state index in [9.17, 15) is 8.42 Å². The summed E-state index contributed by atoms with van der Waals surface area (Å²) in [6.45, 7) is 3.15. The molecule has 2 aliphatic rings. The number of rotatable bonds is 2. The highest BCUT2D eigenvalue weighted by molar-refractivity contribution is 9.10. The summed E-state index contributed by atoms with van der Waals surface area (Å²) in [4.78, 5) is 0.373. The van der Waals surface area contributed by atoms with Crippen LogP contribution in [0.1, 0.15) is 0 Å². The van der Waals surface area contributed by atoms with Crippen LogP contribution in [0.25, 0.3) is 0 Å². The van der Waals surface area contributed by atoms with Crippen LogP contribution in [-0.2, 0) is 10.0 Å². The van der Waals surface area contributed by atoms with Crippen LogP contribution in [0.2, 0.25) is 0 Å². The zero-order chi connectivity index (χ0) is 12.8. The molecule has 2 saturated heterocycles. The Bertz CT molecular complexity index is 549. The molecule has 1 aromatic rings. The summed E-state index contributed by atoms with van der Waals surface area (Å²) in [6, 6.07) is 7.01. The van der Waals surface area contributed by atoms with Gasteiger partial charge in [0, 0.05) is 17.6 Å². The molecule has 2 heterocycles. The molecular formula is C12H15BrN2O2S. The molecule has 18 heavy (non-hydrogen) atoms. The largest absolute Gasteiger partial charge is 0.316 e. The molecule has 1 aromatic carbocycles. The summed E-state index contributed by atoms with van der Waals surface area (Å²) in [6.07, 6.45) is 0. The van der Waals surface area contributed by atoms with Crippen LogP contribution in [0.4, 0.5) is 0 Å². The Hall–Kier alpha value is -0.430. The van der Waals surface area contributed by atoms with Gasteiger partial charge in [0.25, 0.3) is 0 Å². The van der Waals surface area contributed by atoms with E-state index in [1.54, 1.807) is 22.5 Å². The summed E-state index contributed by atoms with van der Waals surface area (Å²) in [5.41, 5.74) is 0. The number of nitrogens with zero attached hydrogens (tertiary/aromatic N) is 1. The predicted molar refractivity (Wildman–Crippen MR) is 72.8 cm³/mol. The molecule has 2 fully saturated rings. The van der Waals surface area contributed by atoms with Gasteiger partial charge in [0.15, 0.2) is 0 Å². The Labute approximate surface area is 116 Å². The van der Waals surface area contributed by atoms with Gasteiger partial charge >= 0.3 is 0 Å². The first-order chi connectivity index (χ1) is 8.59. The number of sulfonamides is 1. The monoisotopic (exact) mass is 330 g/mol. The second-order valence-corrected chi connectivity index (χ2v) is 7.69. The van der Waals surface area contributed by atoms with Crippen LogP contribution in [0.15, 0.2) is 33.6 Å². The molecule has 0 amide bonds. The van der Waals surface area contributed by atoms with Crippen molar-refractivity contribution in [2.24, 2.45) is 11.8 Å². The van der Waals surface area contributed by atoms with Gasteiger partial charge in [-0.15, -0.1) is 0 Å². The fourth-order valence-corrected chi connectivity index (χ4v) is 5.32. The highest BCUT2D eigenvalue weighted by Gasteiger charge is 2.41. The van der Waals surface area contributed by atoms with Gasteiger partial charge < -0.3 is 5.32 Å². The SMILES string of the molecule is O=S(=O)(c1ccccc1Br)N1CC2CNCC2C1. The topological polar surface area (TPSA) is 49.4 Å². The molecule has 0 radical (unpaired) electrons. The Balaban J connectivity index is 1.90. The van der Waals surface area contributed by atoms with Crippen molar-refractivity contribution in [3.05, 3.63) is 28.7 Å². The summed E-state index contributed by atoms with van der Waals surface area (Å²) in [7, 11) is -3.35. The maximum absolute atomic E-state index is 12.6. The van der Waals surface area contributed by atoms with Gasteiger partial charge in [-0.05, 0) is 53.0 Å². The number of benzene rings is 1. The van der Waals surface area contributed by atoms with Crippen molar-refractivity contribution >= 4 is 26.0 Å². The molecule has 2 unspecified atom stereocenters. The van der Waals surface area contributed by atoms with Gasteiger partial charge in [-0.3, -0.25) is 0 Å². The Morgan fingerprint density at radius 3 is 2.39 bits per heavy atom. The van der Waals surface area contributed by atoms with Crippen molar-refractivity contribution in [1.29, 1.82) is 0 Å². The van der Waals surface area contributed by atoms with Gasteiger partial charge in [0.1, 0.15) is 0 Å². The minimum Gasteiger partial charge on any atom is -0.316 e. The highest BCUT2D eigenvalue weighted by Crippen LogP contribution is 2.32. The Morgan fingerprint density at radius 2 is 1.78 bits per heavy atom. The van der Waals surface area contributed by atoms with Crippen molar-refractivity contribution in [2.45, 2.75) is 4.90 Å². The standard InChI is InChI=1S/C12H15BrN2O2S/c13-11-3-1-2-4-12(11)18(16,17)15-7-9-5-14-6-10(9)8-15/h1-4,9-10,14H,5-8H2. The van der Waals surface area contributed by atoms with Crippen LogP contribution in [0, 0.1) is 11.8 Å². The van der Waals surface area contributed by atoms with Gasteiger partial charge in [-0.1, -0.05) is 12.1 Å². The third kappa shape index (κ3) is 2.01. The van der Waals surface area contributed by atoms with Crippen molar-refractivity contribution in [3.8, 4) is 0 Å². The van der Waals surface area contributed by atoms with Crippen LogP contribution in [0.3, 0.4) is 0 Å². The van der Waals surface area contributed by atoms with Crippen molar-refractivity contribution < 1.29 is 8.42 Å². The summed E-state index contributed by atoms with van der Waals surface area (Å²) >= 11 is 3.32. The van der Waals surface area contributed by atoms with E-state index in [0.29, 0.717) is 34.3 Å². The fraction of sp³-hybridized carbons (Fsp3) is 0.500. The molecule has 2 aliphatic heterocycles. The van der Waals surface area contributed by atoms with Crippen molar-refractivity contribution in [3.63, 3.8) is 0 Å². The zero-order valence-electron chi connectivity index (χ0n) is 9.84. The number of fused-ring (bicyclic) bond motifs is 1. The third-order valence-electron chi connectivity index (χ3n) is 3.81. The number of halogens is 1. The lowest BCUT2D eigenvalue weighted by Gasteiger charge is -2.18. The summed E-state index contributed by atoms with van der Waals surface area (Å²) < 4.78 is 27.4. The van der Waals surface area contributed by atoms with E-state index in [2.05, 4.69) is 21.2 Å². The molecule has 0 aromatic heterocycles. The Kier molecular flexibility index (Phi) is 3.21. The van der Waals surface area contributed by atoms with E-state index in [4.69, 9.17) is 0 Å². The quantitative estimate of drug-likeness (QED) is 0.888. The number of nitrogens with one attached hydrogen (secondary N) is 1. The molecule has 1 N–H and O–H groups in total. The van der Waals surface area contributed by atoms with Gasteiger partial charge in [-0.2, -0.15) is 4.31 Å². The summed E-state index contributed by atoms with van der Waals surface area (Å²) in [5.74, 6) is 0.949. The normalized spacial score (nSPS) is 28.5. The minimum absolute atomic E-state index is 0.373. The first-order valence-electron chi connectivity index (χ1n) is 6.04. The Morgan fingerprint density at radius 1 is 1.17 bits per heavy atom. The molecule has 0 aliphatic carbocycles. The average Bonchev–Trinajstić information content (AvgIpc) is 2.89. The zero-order valence-corrected chi connectivity index (χ0v) is 12.2. The molecule has 6 heteroatoms. The number of hydrogen-bond donors (Lipinski definition) is 1.